The topological polar surface area (TPSA) is 27.7 Å². The first kappa shape index (κ1) is 14.2. The fraction of sp³-hybridized carbons (Fsp3) is 0.889. The van der Waals surface area contributed by atoms with Crippen molar-refractivity contribution in [1.29, 1.82) is 0 Å². The van der Waals surface area contributed by atoms with Gasteiger partial charge >= 0.3 is 0 Å². The maximum absolute atomic E-state index is 6.68. The Morgan fingerprint density at radius 1 is 1.05 bits per heavy atom. The molecule has 5 rings (SSSR count). The highest BCUT2D eigenvalue weighted by Crippen LogP contribution is 2.61. The van der Waals surface area contributed by atoms with Crippen LogP contribution in [0, 0.1) is 29.6 Å². The molecule has 5 aliphatic rings. The van der Waals surface area contributed by atoms with Crippen LogP contribution in [0.1, 0.15) is 52.9 Å². The highest BCUT2D eigenvalue weighted by Gasteiger charge is 2.63. The maximum atomic E-state index is 6.68. The van der Waals surface area contributed by atoms with E-state index in [0.717, 1.165) is 17.4 Å². The maximum Gasteiger partial charge on any atom is 0.207 e. The van der Waals surface area contributed by atoms with Crippen molar-refractivity contribution in [3.63, 3.8) is 0 Å². The van der Waals surface area contributed by atoms with Gasteiger partial charge in [0.05, 0.1) is 6.10 Å². The Bertz CT molecular complexity index is 414. The lowest BCUT2D eigenvalue weighted by atomic mass is 9.53. The molecule has 4 saturated carbocycles. The summed E-state index contributed by atoms with van der Waals surface area (Å²) in [4.78, 5) is 11.9. The summed E-state index contributed by atoms with van der Waals surface area (Å²) in [5, 5.41) is 0. The summed E-state index contributed by atoms with van der Waals surface area (Å²) in [5.41, 5.74) is 0.993. The number of ether oxygens (including phenoxy) is 1. The van der Waals surface area contributed by atoms with Gasteiger partial charge in [0.1, 0.15) is 6.10 Å². The second kappa shape index (κ2) is 4.81. The smallest absolute Gasteiger partial charge is 0.207 e. The predicted octanol–water partition coefficient (Wildman–Crippen LogP) is 4.09. The molecule has 0 amide bonds. The largest absolute Gasteiger partial charge is 0.340 e. The first-order valence-electron chi connectivity index (χ1n) is 8.67. The van der Waals surface area contributed by atoms with E-state index in [1.54, 1.807) is 0 Å². The lowest BCUT2D eigenvalue weighted by molar-refractivity contribution is -0.536. The first-order chi connectivity index (χ1) is 9.99. The summed E-state index contributed by atoms with van der Waals surface area (Å²) < 4.78 is 6.68. The molecule has 3 nitrogen and oxygen atoms in total. The predicted molar refractivity (Wildman–Crippen MR) is 80.3 cm³/mol. The molecule has 0 aromatic carbocycles. The summed E-state index contributed by atoms with van der Waals surface area (Å²) in [6.45, 7) is 10.5. The van der Waals surface area contributed by atoms with Crippen LogP contribution in [-0.2, 0) is 14.5 Å². The van der Waals surface area contributed by atoms with E-state index in [-0.39, 0.29) is 12.2 Å². The monoisotopic (exact) mass is 292 g/mol. The van der Waals surface area contributed by atoms with Crippen LogP contribution in [0.4, 0.5) is 0 Å². The Hall–Kier alpha value is -0.380. The van der Waals surface area contributed by atoms with Gasteiger partial charge in [-0.2, -0.15) is 4.89 Å². The molecule has 4 bridgehead atoms. The van der Waals surface area contributed by atoms with Crippen LogP contribution < -0.4 is 0 Å². The highest BCUT2D eigenvalue weighted by molar-refractivity contribution is 5.08. The van der Waals surface area contributed by atoms with Crippen LogP contribution in [0.5, 0.6) is 0 Å². The molecule has 0 radical (unpaired) electrons. The average molecular weight is 292 g/mol. The fourth-order valence-corrected chi connectivity index (χ4v) is 5.49. The van der Waals surface area contributed by atoms with Gasteiger partial charge in [-0.05, 0) is 62.4 Å². The van der Waals surface area contributed by atoms with Crippen molar-refractivity contribution in [3.8, 4) is 0 Å². The number of hydrogen-bond acceptors (Lipinski definition) is 3. The minimum Gasteiger partial charge on any atom is -0.340 e. The molecule has 0 unspecified atom stereocenters. The molecule has 21 heavy (non-hydrogen) atoms. The van der Waals surface area contributed by atoms with Crippen LogP contribution in [0.25, 0.3) is 0 Å². The minimum atomic E-state index is -0.464. The lowest BCUT2D eigenvalue weighted by Gasteiger charge is -2.61. The lowest BCUT2D eigenvalue weighted by Crippen LogP contribution is -2.65. The Morgan fingerprint density at radius 3 is 2.10 bits per heavy atom. The zero-order valence-electron chi connectivity index (χ0n) is 13.5. The van der Waals surface area contributed by atoms with Gasteiger partial charge in [0.2, 0.25) is 5.79 Å². The number of rotatable bonds is 2. The van der Waals surface area contributed by atoms with Gasteiger partial charge in [-0.1, -0.05) is 20.4 Å². The van der Waals surface area contributed by atoms with E-state index in [0.29, 0.717) is 17.8 Å². The molecule has 2 atom stereocenters. The van der Waals surface area contributed by atoms with Crippen LogP contribution in [-0.4, -0.2) is 18.0 Å². The third-order valence-corrected chi connectivity index (χ3v) is 6.32. The van der Waals surface area contributed by atoms with E-state index in [2.05, 4.69) is 20.4 Å². The van der Waals surface area contributed by atoms with E-state index in [1.807, 2.05) is 6.92 Å². The Morgan fingerprint density at radius 2 is 1.62 bits per heavy atom. The van der Waals surface area contributed by atoms with Crippen molar-refractivity contribution < 1.29 is 14.5 Å². The summed E-state index contributed by atoms with van der Waals surface area (Å²) in [6, 6.07) is 0. The molecule has 5 fully saturated rings. The quantitative estimate of drug-likeness (QED) is 0.567. The van der Waals surface area contributed by atoms with Gasteiger partial charge in [-0.25, -0.2) is 4.89 Å². The summed E-state index contributed by atoms with van der Waals surface area (Å²) in [5.74, 6) is 2.81. The standard InChI is InChI=1S/C18H28O3/c1-10(2)16-17(11(3)4)20-21-18(19-16)14-6-12-5-13(8-14)9-15(18)7-12/h10,12-17H,3,5-9H2,1-2,4H3/t12?,13?,14?,15?,16-,17-,18?/m1/s1. The van der Waals surface area contributed by atoms with Crippen LogP contribution in [0.15, 0.2) is 12.2 Å². The Labute approximate surface area is 128 Å². The van der Waals surface area contributed by atoms with Crippen molar-refractivity contribution >= 4 is 0 Å². The SMILES string of the molecule is C=C(C)[C@H]1OOC2(O[C@@H]1C(C)C)C1CC3CC(C1)CC2C3. The van der Waals surface area contributed by atoms with Crippen molar-refractivity contribution in [2.75, 3.05) is 0 Å². The van der Waals surface area contributed by atoms with E-state index < -0.39 is 5.79 Å². The molecule has 1 heterocycles. The zero-order chi connectivity index (χ0) is 14.8. The van der Waals surface area contributed by atoms with E-state index in [1.165, 1.54) is 32.1 Å². The van der Waals surface area contributed by atoms with Crippen LogP contribution in [0.3, 0.4) is 0 Å². The third kappa shape index (κ3) is 2.04. The van der Waals surface area contributed by atoms with Crippen molar-refractivity contribution in [3.05, 3.63) is 12.2 Å². The second-order valence-electron chi connectivity index (χ2n) is 8.30. The minimum absolute atomic E-state index is 0.0637. The molecule has 118 valence electrons. The molecule has 3 heteroatoms. The summed E-state index contributed by atoms with van der Waals surface area (Å²) >= 11 is 0. The molecule has 1 spiro atoms. The molecule has 0 aromatic rings. The Balaban J connectivity index is 1.62. The molecular formula is C18H28O3. The van der Waals surface area contributed by atoms with Gasteiger partial charge in [-0.15, -0.1) is 0 Å². The van der Waals surface area contributed by atoms with Crippen LogP contribution in [0.2, 0.25) is 0 Å². The zero-order valence-corrected chi connectivity index (χ0v) is 13.5. The van der Waals surface area contributed by atoms with E-state index in [9.17, 15) is 0 Å². The normalized spacial score (nSPS) is 51.8. The van der Waals surface area contributed by atoms with Gasteiger partial charge in [-0.3, -0.25) is 0 Å². The molecule has 0 N–H and O–H groups in total. The Kier molecular flexibility index (Phi) is 3.26. The summed E-state index contributed by atoms with van der Waals surface area (Å²) in [6.07, 6.45) is 6.42. The first-order valence-corrected chi connectivity index (χ1v) is 8.67. The van der Waals surface area contributed by atoms with Crippen molar-refractivity contribution in [1.82, 2.24) is 0 Å². The van der Waals surface area contributed by atoms with Gasteiger partial charge in [0.15, 0.2) is 0 Å². The molecule has 1 saturated heterocycles. The van der Waals surface area contributed by atoms with E-state index >= 15 is 0 Å². The second-order valence-corrected chi connectivity index (χ2v) is 8.30. The van der Waals surface area contributed by atoms with Crippen molar-refractivity contribution in [2.45, 2.75) is 70.9 Å². The summed E-state index contributed by atoms with van der Waals surface area (Å²) in [7, 11) is 0. The molecule has 4 aliphatic carbocycles. The molecular weight excluding hydrogens is 264 g/mol. The van der Waals surface area contributed by atoms with Gasteiger partial charge < -0.3 is 4.74 Å². The number of hydrogen-bond donors (Lipinski definition) is 0. The van der Waals surface area contributed by atoms with Crippen molar-refractivity contribution in [2.24, 2.45) is 29.6 Å². The fourth-order valence-electron chi connectivity index (χ4n) is 5.49. The van der Waals surface area contributed by atoms with Gasteiger partial charge in [0, 0.05) is 11.8 Å². The molecule has 0 aromatic heterocycles. The van der Waals surface area contributed by atoms with Crippen LogP contribution >= 0.6 is 0 Å². The van der Waals surface area contributed by atoms with E-state index in [4.69, 9.17) is 14.5 Å². The molecule has 1 aliphatic heterocycles. The van der Waals surface area contributed by atoms with Gasteiger partial charge in [0.25, 0.3) is 0 Å². The highest BCUT2D eigenvalue weighted by atomic mass is 17.2. The average Bonchev–Trinajstić information content (AvgIpc) is 2.43. The third-order valence-electron chi connectivity index (χ3n) is 6.32.